The van der Waals surface area contributed by atoms with E-state index < -0.39 is 0 Å². The van der Waals surface area contributed by atoms with Crippen molar-refractivity contribution in [3.8, 4) is 0 Å². The van der Waals surface area contributed by atoms with Crippen LogP contribution in [0, 0.1) is 13.8 Å². The summed E-state index contributed by atoms with van der Waals surface area (Å²) >= 11 is 0. The van der Waals surface area contributed by atoms with Gasteiger partial charge < -0.3 is 10.6 Å². The van der Waals surface area contributed by atoms with Crippen molar-refractivity contribution in [2.45, 2.75) is 20.4 Å². The second-order valence-electron chi connectivity index (χ2n) is 5.83. The van der Waals surface area contributed by atoms with Gasteiger partial charge in [-0.3, -0.25) is 0 Å². The molecule has 0 aromatic heterocycles. The number of rotatable bonds is 4. The smallest absolute Gasteiger partial charge is 0.0493 e. The molecular weight excluding hydrogens is 280 g/mol. The van der Waals surface area contributed by atoms with Crippen molar-refractivity contribution >= 4 is 17.1 Å². The summed E-state index contributed by atoms with van der Waals surface area (Å²) in [5.74, 6) is 0. The third kappa shape index (κ3) is 3.27. The van der Waals surface area contributed by atoms with Gasteiger partial charge >= 0.3 is 0 Å². The molecule has 2 heteroatoms. The topological polar surface area (TPSA) is 29.3 Å². The molecule has 0 saturated heterocycles. The molecule has 0 heterocycles. The number of nitrogens with two attached hydrogens (primary N) is 1. The van der Waals surface area contributed by atoms with Gasteiger partial charge in [-0.05, 0) is 60.9 Å². The van der Waals surface area contributed by atoms with Crippen LogP contribution in [0.4, 0.5) is 17.1 Å². The number of hydrogen-bond acceptors (Lipinski definition) is 2. The molecule has 0 spiro atoms. The summed E-state index contributed by atoms with van der Waals surface area (Å²) < 4.78 is 0. The zero-order valence-electron chi connectivity index (χ0n) is 13.7. The maximum absolute atomic E-state index is 5.83. The fraction of sp³-hybridized carbons (Fsp3) is 0.143. The van der Waals surface area contributed by atoms with Crippen LogP contribution in [-0.2, 0) is 6.54 Å². The normalized spacial score (nSPS) is 10.6. The van der Waals surface area contributed by atoms with Gasteiger partial charge in [0.15, 0.2) is 0 Å². The number of aryl methyl sites for hydroxylation is 2. The molecule has 0 radical (unpaired) electrons. The molecule has 3 rings (SSSR count). The van der Waals surface area contributed by atoms with Gasteiger partial charge in [0.2, 0.25) is 0 Å². The van der Waals surface area contributed by atoms with E-state index in [0.717, 1.165) is 16.9 Å². The molecule has 0 saturated carbocycles. The van der Waals surface area contributed by atoms with Crippen molar-refractivity contribution in [1.82, 2.24) is 0 Å². The lowest BCUT2D eigenvalue weighted by atomic mass is 10.1. The summed E-state index contributed by atoms with van der Waals surface area (Å²) in [6.07, 6.45) is 0. The van der Waals surface area contributed by atoms with Gasteiger partial charge in [0, 0.05) is 23.6 Å². The minimum Gasteiger partial charge on any atom is -0.326 e. The van der Waals surface area contributed by atoms with Crippen LogP contribution in [0.3, 0.4) is 0 Å². The average Bonchev–Trinajstić information content (AvgIpc) is 2.59. The monoisotopic (exact) mass is 302 g/mol. The molecule has 0 aliphatic rings. The molecule has 0 aliphatic heterocycles. The van der Waals surface area contributed by atoms with Crippen LogP contribution in [-0.4, -0.2) is 0 Å². The Bertz CT molecular complexity index is 794. The Morgan fingerprint density at radius 3 is 2.26 bits per heavy atom. The van der Waals surface area contributed by atoms with Crippen LogP contribution < -0.4 is 10.6 Å². The Labute approximate surface area is 138 Å². The first-order chi connectivity index (χ1) is 11.2. The first-order valence-electron chi connectivity index (χ1n) is 7.90. The van der Waals surface area contributed by atoms with Crippen LogP contribution >= 0.6 is 0 Å². The standard InChI is InChI=1S/C21H22N2/c1-16-11-12-17(2)21(13-16)23(19-8-4-3-5-9-19)20-10-6-7-18(14-20)15-22/h3-14H,15,22H2,1-2H3. The molecule has 2 N–H and O–H groups in total. The van der Waals surface area contributed by atoms with Crippen LogP contribution in [0.1, 0.15) is 16.7 Å². The Kier molecular flexibility index (Phi) is 4.45. The lowest BCUT2D eigenvalue weighted by molar-refractivity contribution is 1.07. The number of hydrogen-bond donors (Lipinski definition) is 1. The molecule has 0 atom stereocenters. The molecule has 0 fully saturated rings. The van der Waals surface area contributed by atoms with Crippen LogP contribution in [0.25, 0.3) is 0 Å². The molecule has 0 unspecified atom stereocenters. The summed E-state index contributed by atoms with van der Waals surface area (Å²) in [5.41, 5.74) is 12.9. The lowest BCUT2D eigenvalue weighted by Crippen LogP contribution is -2.12. The van der Waals surface area contributed by atoms with Crippen molar-refractivity contribution in [3.05, 3.63) is 89.5 Å². The van der Waals surface area contributed by atoms with Gasteiger partial charge in [-0.15, -0.1) is 0 Å². The van der Waals surface area contributed by atoms with Gasteiger partial charge in [-0.1, -0.05) is 42.5 Å². The van der Waals surface area contributed by atoms with E-state index in [1.54, 1.807) is 0 Å². The third-order valence-electron chi connectivity index (χ3n) is 4.02. The van der Waals surface area contributed by atoms with Gasteiger partial charge in [0.1, 0.15) is 0 Å². The summed E-state index contributed by atoms with van der Waals surface area (Å²) in [7, 11) is 0. The number of nitrogens with zero attached hydrogens (tertiary/aromatic N) is 1. The van der Waals surface area contributed by atoms with Gasteiger partial charge in [0.05, 0.1) is 0 Å². The molecule has 0 bridgehead atoms. The third-order valence-corrected chi connectivity index (χ3v) is 4.02. The largest absolute Gasteiger partial charge is 0.326 e. The van der Waals surface area contributed by atoms with E-state index in [0.29, 0.717) is 6.54 Å². The van der Waals surface area contributed by atoms with E-state index in [4.69, 9.17) is 5.73 Å². The second-order valence-corrected chi connectivity index (χ2v) is 5.83. The highest BCUT2D eigenvalue weighted by molar-refractivity contribution is 5.78. The number of para-hydroxylation sites is 1. The van der Waals surface area contributed by atoms with E-state index in [-0.39, 0.29) is 0 Å². The zero-order valence-corrected chi connectivity index (χ0v) is 13.7. The molecular formula is C21H22N2. The number of benzene rings is 3. The van der Waals surface area contributed by atoms with Crippen molar-refractivity contribution in [2.24, 2.45) is 5.73 Å². The van der Waals surface area contributed by atoms with Gasteiger partial charge in [-0.2, -0.15) is 0 Å². The van der Waals surface area contributed by atoms with Crippen LogP contribution in [0.5, 0.6) is 0 Å². The van der Waals surface area contributed by atoms with Crippen LogP contribution in [0.15, 0.2) is 72.8 Å². The van der Waals surface area contributed by atoms with E-state index in [1.165, 1.54) is 16.8 Å². The first-order valence-corrected chi connectivity index (χ1v) is 7.90. The highest BCUT2D eigenvalue weighted by Gasteiger charge is 2.14. The molecule has 2 nitrogen and oxygen atoms in total. The molecule has 3 aromatic carbocycles. The van der Waals surface area contributed by atoms with Crippen molar-refractivity contribution in [1.29, 1.82) is 0 Å². The SMILES string of the molecule is Cc1ccc(C)c(N(c2ccccc2)c2cccc(CN)c2)c1. The quantitative estimate of drug-likeness (QED) is 0.715. The predicted molar refractivity (Wildman–Crippen MR) is 98.5 cm³/mol. The van der Waals surface area contributed by atoms with E-state index in [2.05, 4.69) is 85.5 Å². The van der Waals surface area contributed by atoms with E-state index >= 15 is 0 Å². The molecule has 0 aliphatic carbocycles. The van der Waals surface area contributed by atoms with E-state index in [9.17, 15) is 0 Å². The summed E-state index contributed by atoms with van der Waals surface area (Å²) in [6, 6.07) is 25.4. The minimum absolute atomic E-state index is 0.545. The maximum atomic E-state index is 5.83. The van der Waals surface area contributed by atoms with Gasteiger partial charge in [-0.25, -0.2) is 0 Å². The van der Waals surface area contributed by atoms with Crippen LogP contribution in [0.2, 0.25) is 0 Å². The van der Waals surface area contributed by atoms with Gasteiger partial charge in [0.25, 0.3) is 0 Å². The average molecular weight is 302 g/mol. The highest BCUT2D eigenvalue weighted by Crippen LogP contribution is 2.36. The summed E-state index contributed by atoms with van der Waals surface area (Å²) in [4.78, 5) is 2.29. The Balaban J connectivity index is 2.20. The zero-order chi connectivity index (χ0) is 16.2. The Hall–Kier alpha value is -2.58. The second kappa shape index (κ2) is 6.67. The molecule has 0 amide bonds. The summed E-state index contributed by atoms with van der Waals surface area (Å²) in [5, 5.41) is 0. The van der Waals surface area contributed by atoms with Crippen molar-refractivity contribution < 1.29 is 0 Å². The fourth-order valence-corrected chi connectivity index (χ4v) is 2.79. The maximum Gasteiger partial charge on any atom is 0.0493 e. The molecule has 23 heavy (non-hydrogen) atoms. The number of anilines is 3. The lowest BCUT2D eigenvalue weighted by Gasteiger charge is -2.27. The van der Waals surface area contributed by atoms with Crippen molar-refractivity contribution in [3.63, 3.8) is 0 Å². The fourth-order valence-electron chi connectivity index (χ4n) is 2.79. The molecule has 3 aromatic rings. The molecule has 116 valence electrons. The first kappa shape index (κ1) is 15.3. The summed E-state index contributed by atoms with van der Waals surface area (Å²) in [6.45, 7) is 4.82. The van der Waals surface area contributed by atoms with Crippen molar-refractivity contribution in [2.75, 3.05) is 4.90 Å². The van der Waals surface area contributed by atoms with E-state index in [1.807, 2.05) is 6.07 Å². The highest BCUT2D eigenvalue weighted by atomic mass is 15.1. The minimum atomic E-state index is 0.545. The Morgan fingerprint density at radius 1 is 0.783 bits per heavy atom. The predicted octanol–water partition coefficient (Wildman–Crippen LogP) is 5.23. The Morgan fingerprint density at radius 2 is 1.52 bits per heavy atom.